The van der Waals surface area contributed by atoms with Gasteiger partial charge < -0.3 is 9.73 Å². The van der Waals surface area contributed by atoms with Crippen LogP contribution in [0.2, 0.25) is 0 Å². The maximum Gasteiger partial charge on any atom is 0.227 e. The fourth-order valence-electron chi connectivity index (χ4n) is 1.99. The fraction of sp³-hybridized carbons (Fsp3) is 0.400. The SMILES string of the molecule is CC(C)(C)c1ncncc1CNC(=O)Cc1ccco1. The van der Waals surface area contributed by atoms with Crippen LogP contribution in [-0.2, 0) is 23.2 Å². The lowest BCUT2D eigenvalue weighted by molar-refractivity contribution is -0.120. The van der Waals surface area contributed by atoms with Gasteiger partial charge in [0.05, 0.1) is 18.4 Å². The summed E-state index contributed by atoms with van der Waals surface area (Å²) in [6, 6.07) is 3.55. The first-order chi connectivity index (χ1) is 9.47. The maximum absolute atomic E-state index is 11.8. The number of hydrogen-bond donors (Lipinski definition) is 1. The second-order valence-electron chi connectivity index (χ2n) is 5.68. The molecule has 2 aromatic heterocycles. The molecule has 0 saturated carbocycles. The Morgan fingerprint density at radius 3 is 2.85 bits per heavy atom. The van der Waals surface area contributed by atoms with E-state index in [1.165, 1.54) is 6.33 Å². The van der Waals surface area contributed by atoms with E-state index in [0.717, 1.165) is 11.3 Å². The van der Waals surface area contributed by atoms with Crippen LogP contribution in [0, 0.1) is 0 Å². The first kappa shape index (κ1) is 14.2. The normalized spacial score (nSPS) is 11.3. The van der Waals surface area contributed by atoms with Gasteiger partial charge in [-0.3, -0.25) is 4.79 Å². The monoisotopic (exact) mass is 273 g/mol. The van der Waals surface area contributed by atoms with E-state index < -0.39 is 0 Å². The Hall–Kier alpha value is -2.17. The Labute approximate surface area is 118 Å². The molecule has 0 radical (unpaired) electrons. The number of furan rings is 1. The van der Waals surface area contributed by atoms with Crippen LogP contribution >= 0.6 is 0 Å². The van der Waals surface area contributed by atoms with E-state index in [4.69, 9.17) is 4.42 Å². The lowest BCUT2D eigenvalue weighted by Gasteiger charge is -2.20. The van der Waals surface area contributed by atoms with Crippen molar-refractivity contribution in [2.75, 3.05) is 0 Å². The summed E-state index contributed by atoms with van der Waals surface area (Å²) in [6.07, 6.45) is 5.09. The van der Waals surface area contributed by atoms with Gasteiger partial charge in [0.1, 0.15) is 12.1 Å². The highest BCUT2D eigenvalue weighted by atomic mass is 16.3. The fourth-order valence-corrected chi connectivity index (χ4v) is 1.99. The van der Waals surface area contributed by atoms with Gasteiger partial charge in [-0.25, -0.2) is 9.97 Å². The molecule has 0 aliphatic carbocycles. The quantitative estimate of drug-likeness (QED) is 0.927. The Morgan fingerprint density at radius 2 is 2.20 bits per heavy atom. The van der Waals surface area contributed by atoms with Crippen LogP contribution in [0.1, 0.15) is 37.8 Å². The minimum Gasteiger partial charge on any atom is -0.469 e. The standard InChI is InChI=1S/C15H19N3O2/c1-15(2,3)14-11(8-16-10-18-14)9-17-13(19)7-12-5-4-6-20-12/h4-6,8,10H,7,9H2,1-3H3,(H,17,19). The van der Waals surface area contributed by atoms with E-state index in [-0.39, 0.29) is 17.7 Å². The summed E-state index contributed by atoms with van der Waals surface area (Å²) in [5, 5.41) is 2.87. The lowest BCUT2D eigenvalue weighted by Crippen LogP contribution is -2.27. The molecule has 0 bridgehead atoms. The molecule has 2 heterocycles. The van der Waals surface area contributed by atoms with Gasteiger partial charge in [0.15, 0.2) is 0 Å². The van der Waals surface area contributed by atoms with E-state index in [9.17, 15) is 4.79 Å². The topological polar surface area (TPSA) is 68.0 Å². The average Bonchev–Trinajstić information content (AvgIpc) is 2.88. The lowest BCUT2D eigenvalue weighted by atomic mass is 9.89. The van der Waals surface area contributed by atoms with Crippen LogP contribution in [-0.4, -0.2) is 15.9 Å². The van der Waals surface area contributed by atoms with Crippen molar-refractivity contribution in [3.05, 3.63) is 47.9 Å². The van der Waals surface area contributed by atoms with Crippen molar-refractivity contribution < 1.29 is 9.21 Å². The molecule has 0 aliphatic rings. The van der Waals surface area contributed by atoms with Crippen LogP contribution < -0.4 is 5.32 Å². The number of carbonyl (C=O) groups is 1. The zero-order chi connectivity index (χ0) is 14.6. The maximum atomic E-state index is 11.8. The molecule has 0 atom stereocenters. The molecule has 5 heteroatoms. The molecule has 106 valence electrons. The van der Waals surface area contributed by atoms with Crippen molar-refractivity contribution in [3.8, 4) is 0 Å². The molecule has 1 amide bonds. The molecule has 0 unspecified atom stereocenters. The summed E-state index contributed by atoms with van der Waals surface area (Å²) < 4.78 is 5.15. The third-order valence-electron chi connectivity index (χ3n) is 2.89. The van der Waals surface area contributed by atoms with Gasteiger partial charge in [0, 0.05) is 23.7 Å². The number of nitrogens with one attached hydrogen (secondary N) is 1. The van der Waals surface area contributed by atoms with E-state index in [1.54, 1.807) is 24.6 Å². The van der Waals surface area contributed by atoms with Crippen molar-refractivity contribution in [2.24, 2.45) is 0 Å². The molecular weight excluding hydrogens is 254 g/mol. The minimum atomic E-state index is -0.0799. The van der Waals surface area contributed by atoms with E-state index in [2.05, 4.69) is 36.1 Å². The predicted molar refractivity (Wildman–Crippen MR) is 75.0 cm³/mol. The third kappa shape index (κ3) is 3.66. The zero-order valence-corrected chi connectivity index (χ0v) is 12.0. The minimum absolute atomic E-state index is 0.0794. The van der Waals surface area contributed by atoms with Crippen LogP contribution in [0.15, 0.2) is 35.3 Å². The number of amides is 1. The summed E-state index contributed by atoms with van der Waals surface area (Å²) in [7, 11) is 0. The van der Waals surface area contributed by atoms with E-state index in [1.807, 2.05) is 0 Å². The molecular formula is C15H19N3O2. The van der Waals surface area contributed by atoms with Gasteiger partial charge >= 0.3 is 0 Å². The van der Waals surface area contributed by atoms with Crippen LogP contribution in [0.3, 0.4) is 0 Å². The Kier molecular flexibility index (Phi) is 4.17. The molecule has 20 heavy (non-hydrogen) atoms. The van der Waals surface area contributed by atoms with Crippen molar-refractivity contribution in [1.29, 1.82) is 0 Å². The summed E-state index contributed by atoms with van der Waals surface area (Å²) in [5.41, 5.74) is 1.81. The van der Waals surface area contributed by atoms with Gasteiger partial charge in [0.25, 0.3) is 0 Å². The smallest absolute Gasteiger partial charge is 0.227 e. The van der Waals surface area contributed by atoms with Crippen LogP contribution in [0.4, 0.5) is 0 Å². The van der Waals surface area contributed by atoms with Gasteiger partial charge in [-0.05, 0) is 12.1 Å². The first-order valence-corrected chi connectivity index (χ1v) is 6.55. The second kappa shape index (κ2) is 5.86. The highest BCUT2D eigenvalue weighted by Gasteiger charge is 2.19. The first-order valence-electron chi connectivity index (χ1n) is 6.55. The number of hydrogen-bond acceptors (Lipinski definition) is 4. The Bertz CT molecular complexity index is 571. The molecule has 0 saturated heterocycles. The number of rotatable bonds is 4. The van der Waals surface area contributed by atoms with Gasteiger partial charge in [0.2, 0.25) is 5.91 Å². The number of carbonyl (C=O) groups excluding carboxylic acids is 1. The highest BCUT2D eigenvalue weighted by molar-refractivity contribution is 5.77. The summed E-state index contributed by atoms with van der Waals surface area (Å²) in [4.78, 5) is 20.2. The largest absolute Gasteiger partial charge is 0.469 e. The highest BCUT2D eigenvalue weighted by Crippen LogP contribution is 2.22. The third-order valence-corrected chi connectivity index (χ3v) is 2.89. The van der Waals surface area contributed by atoms with Gasteiger partial charge in [-0.1, -0.05) is 20.8 Å². The Balaban J connectivity index is 1.99. The molecule has 0 spiro atoms. The summed E-state index contributed by atoms with van der Waals surface area (Å²) >= 11 is 0. The van der Waals surface area contributed by atoms with Crippen molar-refractivity contribution in [2.45, 2.75) is 39.2 Å². The van der Waals surface area contributed by atoms with E-state index >= 15 is 0 Å². The second-order valence-corrected chi connectivity index (χ2v) is 5.68. The molecule has 2 aromatic rings. The average molecular weight is 273 g/mol. The molecule has 5 nitrogen and oxygen atoms in total. The molecule has 0 fully saturated rings. The zero-order valence-electron chi connectivity index (χ0n) is 12.0. The van der Waals surface area contributed by atoms with Crippen molar-refractivity contribution in [3.63, 3.8) is 0 Å². The number of nitrogens with zero attached hydrogens (tertiary/aromatic N) is 2. The van der Waals surface area contributed by atoms with Gasteiger partial charge in [-0.15, -0.1) is 0 Å². The molecule has 1 N–H and O–H groups in total. The van der Waals surface area contributed by atoms with Gasteiger partial charge in [-0.2, -0.15) is 0 Å². The molecule has 0 aromatic carbocycles. The van der Waals surface area contributed by atoms with Crippen LogP contribution in [0.25, 0.3) is 0 Å². The van der Waals surface area contributed by atoms with Crippen molar-refractivity contribution in [1.82, 2.24) is 15.3 Å². The van der Waals surface area contributed by atoms with Crippen molar-refractivity contribution >= 4 is 5.91 Å². The summed E-state index contributed by atoms with van der Waals surface area (Å²) in [5.74, 6) is 0.575. The predicted octanol–water partition coefficient (Wildman–Crippen LogP) is 2.23. The Morgan fingerprint density at radius 1 is 1.40 bits per heavy atom. The summed E-state index contributed by atoms with van der Waals surface area (Å²) in [6.45, 7) is 6.68. The van der Waals surface area contributed by atoms with Crippen LogP contribution in [0.5, 0.6) is 0 Å². The molecule has 2 rings (SSSR count). The molecule has 0 aliphatic heterocycles. The van der Waals surface area contributed by atoms with E-state index in [0.29, 0.717) is 12.3 Å². The number of aromatic nitrogens is 2.